The van der Waals surface area contributed by atoms with Crippen LogP contribution in [0.1, 0.15) is 77.8 Å². The van der Waals surface area contributed by atoms with Gasteiger partial charge in [-0.1, -0.05) is 294 Å². The van der Waals surface area contributed by atoms with Crippen molar-refractivity contribution in [3.63, 3.8) is 0 Å². The van der Waals surface area contributed by atoms with Gasteiger partial charge in [-0.25, -0.2) is 9.13 Å². The average molecular weight is 1630 g/mol. The molecule has 3 aliphatic heterocycles. The molecule has 9 aromatic carbocycles. The van der Waals surface area contributed by atoms with Crippen LogP contribution in [0, 0.1) is 0 Å². The lowest BCUT2D eigenvalue weighted by Gasteiger charge is -2.50. The van der Waals surface area contributed by atoms with Crippen LogP contribution in [0.15, 0.2) is 273 Å². The smallest absolute Gasteiger partial charge is 0.433 e. The van der Waals surface area contributed by atoms with E-state index in [1.807, 2.05) is 261 Å². The first-order valence-corrected chi connectivity index (χ1v) is 44.6. The Kier molecular flexibility index (Phi) is 32.2. The zero-order valence-electron chi connectivity index (χ0n) is 65.5. The van der Waals surface area contributed by atoms with Crippen LogP contribution >= 0.6 is 15.6 Å². The number of benzene rings is 9. The fourth-order valence-electron chi connectivity index (χ4n) is 13.3. The monoisotopic (exact) mass is 1630 g/mol. The van der Waals surface area contributed by atoms with E-state index in [0.717, 1.165) is 33.4 Å². The first-order chi connectivity index (χ1) is 55.7. The summed E-state index contributed by atoms with van der Waals surface area (Å²) >= 11 is 0. The Hall–Kier alpha value is -7.63. The summed E-state index contributed by atoms with van der Waals surface area (Å²) in [5.41, 5.74) is 6.72. The number of rotatable bonds is 41. The molecule has 0 bridgehead atoms. The molecule has 3 saturated heterocycles. The van der Waals surface area contributed by atoms with Crippen molar-refractivity contribution in [2.75, 3.05) is 19.8 Å². The number of carbonyl (C=O) groups is 1. The third kappa shape index (κ3) is 26.2. The van der Waals surface area contributed by atoms with E-state index in [1.165, 1.54) is 6.92 Å². The van der Waals surface area contributed by atoms with E-state index >= 15 is 9.13 Å². The molecule has 0 spiro atoms. The van der Waals surface area contributed by atoms with E-state index in [9.17, 15) is 14.6 Å². The van der Waals surface area contributed by atoms with E-state index in [1.54, 1.807) is 12.1 Å². The molecule has 17 atom stereocenters. The standard InChI is InChI=1S/C89H104O23P2Si/c1-64(90)104-86-83(101-58-71-46-28-13-29-47-71)80(98-55-68-40-22-10-23-41-68)77(74(105-86)61-95-52-65-34-16-7-17-35-65)108-113(91,92)110-87-84(102-59-72-48-30-14-31-49-72)81(99-56-69-42-24-11-25-43-69)78(75(106-87)62-96-53-66-36-18-8-19-37-66)109-114(93,94)111-88-85(103-60-73-50-32-15-33-51-73)82(100-57-70-44-26-12-27-45-70)79(112-115(5,6)89(2,3)4)76(107-88)63-97-54-67-38-20-9-21-39-67/h7-51,74-88H,52-63H2,1-6H3,(H,91,92)(H,93,94)/t74-,75-,76-,77-,78-,79-,80+,81+,82+,83-,84-,85-,86?,87-,88-/m1/s1. The Labute approximate surface area is 674 Å². The fraction of sp³-hybridized carbons (Fsp3) is 0.382. The van der Waals surface area contributed by atoms with Crippen molar-refractivity contribution in [3.8, 4) is 0 Å². The van der Waals surface area contributed by atoms with E-state index in [4.69, 9.17) is 84.1 Å². The molecule has 2 N–H and O–H groups in total. The van der Waals surface area contributed by atoms with Crippen LogP contribution < -0.4 is 0 Å². The predicted molar refractivity (Wildman–Crippen MR) is 430 cm³/mol. The number of phosphoric acid groups is 2. The number of ether oxygens (including phenoxy) is 13. The van der Waals surface area contributed by atoms with Crippen LogP contribution in [-0.2, 0) is 157 Å². The minimum atomic E-state index is -5.70. The average Bonchev–Trinajstić information content (AvgIpc) is 0.772. The molecule has 0 amide bonds. The van der Waals surface area contributed by atoms with Crippen molar-refractivity contribution in [2.45, 2.75) is 197 Å². The lowest BCUT2D eigenvalue weighted by Crippen LogP contribution is -2.64. The van der Waals surface area contributed by atoms with Crippen molar-refractivity contribution in [1.82, 2.24) is 0 Å². The van der Waals surface area contributed by atoms with Crippen molar-refractivity contribution < 1.29 is 108 Å². The third-order valence-corrected chi connectivity index (χ3v) is 26.6. The minimum absolute atomic E-state index is 0.0223. The van der Waals surface area contributed by atoms with Gasteiger partial charge in [-0.2, -0.15) is 0 Å². The van der Waals surface area contributed by atoms with Gasteiger partial charge < -0.3 is 75.8 Å². The van der Waals surface area contributed by atoms with Crippen LogP contribution in [0.3, 0.4) is 0 Å². The highest BCUT2D eigenvalue weighted by molar-refractivity contribution is 7.47. The van der Waals surface area contributed by atoms with Gasteiger partial charge in [-0.3, -0.25) is 22.9 Å². The van der Waals surface area contributed by atoms with Crippen LogP contribution in [-0.4, -0.2) is 136 Å². The van der Waals surface area contributed by atoms with E-state index < -0.39 is 129 Å². The molecule has 115 heavy (non-hydrogen) atoms. The molecule has 3 aliphatic rings. The summed E-state index contributed by atoms with van der Waals surface area (Å²) in [5, 5.41) is -0.337. The lowest BCUT2D eigenvalue weighted by molar-refractivity contribution is -0.318. The van der Waals surface area contributed by atoms with Gasteiger partial charge >= 0.3 is 21.6 Å². The van der Waals surface area contributed by atoms with Crippen molar-refractivity contribution in [3.05, 3.63) is 323 Å². The number of esters is 1. The molecule has 9 aromatic rings. The predicted octanol–water partition coefficient (Wildman–Crippen LogP) is 16.3. The SMILES string of the molecule is CC(=O)OC1O[C@H](COCc2ccccc2)[C@@H](OP(=O)(O)O[C@H]2O[C@H](COCc3ccccc3)[C@@H](OP(=O)(O)O[C@H]3O[C@H](COCc4ccccc4)[C@@H](O[Si](C)(C)C(C)(C)C)[C@H](OCc4ccccc4)[C@H]3OCc3ccccc3)[C@H](OCc3ccccc3)[C@H]2OCc2ccccc2)[C@H](OCc2ccccc2)[C@H]1OCc1ccccc1. The molecule has 12 rings (SSSR count). The Balaban J connectivity index is 0.937. The molecule has 0 aromatic heterocycles. The van der Waals surface area contributed by atoms with Gasteiger partial charge in [-0.05, 0) is 68.2 Å². The quantitative estimate of drug-likeness (QED) is 0.0205. The van der Waals surface area contributed by atoms with Gasteiger partial charge in [0.15, 0.2) is 20.9 Å². The fourth-order valence-corrected chi connectivity index (χ4v) is 16.7. The highest BCUT2D eigenvalue weighted by Crippen LogP contribution is 2.55. The summed E-state index contributed by atoms with van der Waals surface area (Å²) in [7, 11) is -14.2. The highest BCUT2D eigenvalue weighted by atomic mass is 31.2. The summed E-state index contributed by atoms with van der Waals surface area (Å²) in [5.74, 6) is -0.722. The molecule has 0 saturated carbocycles. The molecular formula is C89H104O23P2Si. The summed E-state index contributed by atoms with van der Waals surface area (Å²) in [6.07, 6.45) is -22.1. The number of carbonyl (C=O) groups excluding carboxylic acids is 1. The molecule has 3 unspecified atom stereocenters. The topological polar surface area (TPSA) is 258 Å². The van der Waals surface area contributed by atoms with Gasteiger partial charge in [0, 0.05) is 6.92 Å². The van der Waals surface area contributed by atoms with Crippen molar-refractivity contribution >= 4 is 29.9 Å². The molecule has 612 valence electrons. The first-order valence-electron chi connectivity index (χ1n) is 38.7. The molecule has 0 radical (unpaired) electrons. The largest absolute Gasteiger partial charge is 0.475 e. The normalized spacial score (nSPS) is 25.0. The van der Waals surface area contributed by atoms with Gasteiger partial charge in [0.2, 0.25) is 6.29 Å². The van der Waals surface area contributed by atoms with Gasteiger partial charge in [-0.15, -0.1) is 0 Å². The summed E-state index contributed by atoms with van der Waals surface area (Å²) in [4.78, 5) is 39.2. The maximum Gasteiger partial charge on any atom is 0.475 e. The zero-order chi connectivity index (χ0) is 80.5. The highest BCUT2D eigenvalue weighted by Gasteiger charge is 2.59. The van der Waals surface area contributed by atoms with Crippen molar-refractivity contribution in [1.29, 1.82) is 0 Å². The second-order valence-electron chi connectivity index (χ2n) is 29.9. The Bertz CT molecular complexity index is 4400. The molecular weight excluding hydrogens is 1530 g/mol. The second kappa shape index (κ2) is 42.7. The van der Waals surface area contributed by atoms with Gasteiger partial charge in [0.25, 0.3) is 0 Å². The van der Waals surface area contributed by atoms with Crippen molar-refractivity contribution in [2.24, 2.45) is 0 Å². The number of hydrogen-bond acceptors (Lipinski definition) is 21. The lowest BCUT2D eigenvalue weighted by atomic mass is 9.98. The first kappa shape index (κ1) is 86.7. The van der Waals surface area contributed by atoms with Gasteiger partial charge in [0.1, 0.15) is 73.2 Å². The molecule has 3 fully saturated rings. The Morgan fingerprint density at radius 2 is 0.539 bits per heavy atom. The van der Waals surface area contributed by atoms with Crippen LogP contribution in [0.2, 0.25) is 18.1 Å². The van der Waals surface area contributed by atoms with E-state index in [0.29, 0.717) is 16.7 Å². The molecule has 3 heterocycles. The molecule has 23 nitrogen and oxygen atoms in total. The maximum atomic E-state index is 16.2. The molecule has 0 aliphatic carbocycles. The molecule has 26 heteroatoms. The Morgan fingerprint density at radius 3 is 0.791 bits per heavy atom. The second-order valence-corrected chi connectivity index (χ2v) is 37.4. The summed E-state index contributed by atoms with van der Waals surface area (Å²) in [6, 6.07) is 83.8. The maximum absolute atomic E-state index is 16.2. The van der Waals surface area contributed by atoms with E-state index in [-0.39, 0.29) is 77.7 Å². The number of phosphoric ester groups is 2. The van der Waals surface area contributed by atoms with Crippen LogP contribution in [0.25, 0.3) is 0 Å². The zero-order valence-corrected chi connectivity index (χ0v) is 68.3. The van der Waals surface area contributed by atoms with Gasteiger partial charge in [0.05, 0.1) is 79.3 Å². The third-order valence-electron chi connectivity index (χ3n) is 20.2. The summed E-state index contributed by atoms with van der Waals surface area (Å²) in [6.45, 7) is 10.6. The Morgan fingerprint density at radius 1 is 0.322 bits per heavy atom. The summed E-state index contributed by atoms with van der Waals surface area (Å²) < 4.78 is 153. The van der Waals surface area contributed by atoms with Crippen LogP contribution in [0.5, 0.6) is 0 Å². The van der Waals surface area contributed by atoms with E-state index in [2.05, 4.69) is 33.9 Å². The van der Waals surface area contributed by atoms with Crippen LogP contribution in [0.4, 0.5) is 0 Å². The minimum Gasteiger partial charge on any atom is -0.433 e. The number of hydrogen-bond donors (Lipinski definition) is 2.